The molecule has 4 rings (SSSR count). The van der Waals surface area contributed by atoms with E-state index in [2.05, 4.69) is 87.1 Å². The molecule has 2 heterocycles. The van der Waals surface area contributed by atoms with Gasteiger partial charge in [-0.05, 0) is 76.9 Å². The fraction of sp³-hybridized carbons (Fsp3) is 0.333. The lowest BCUT2D eigenvalue weighted by Crippen LogP contribution is -2.10. The Bertz CT molecular complexity index is 1050. The standard InChI is InChI=1S/C24H28N2/c1-15-7-9-23-21(13-15)17(3)19(5)25(23)11-12-26-20(6)18(4)22-14-16(2)8-10-24(22)26/h7-10,13-14H,11-12H2,1-6H3. The van der Waals surface area contributed by atoms with Crippen LogP contribution in [0.2, 0.25) is 0 Å². The van der Waals surface area contributed by atoms with Gasteiger partial charge in [0.1, 0.15) is 0 Å². The van der Waals surface area contributed by atoms with Crippen LogP contribution in [0.5, 0.6) is 0 Å². The van der Waals surface area contributed by atoms with Gasteiger partial charge in [-0.3, -0.25) is 0 Å². The van der Waals surface area contributed by atoms with Gasteiger partial charge in [0, 0.05) is 46.3 Å². The molecular formula is C24H28N2. The quantitative estimate of drug-likeness (QED) is 0.422. The van der Waals surface area contributed by atoms with Gasteiger partial charge in [-0.1, -0.05) is 23.3 Å². The molecule has 0 aliphatic rings. The molecule has 0 saturated heterocycles. The first-order chi connectivity index (χ1) is 12.4. The van der Waals surface area contributed by atoms with Gasteiger partial charge >= 0.3 is 0 Å². The summed E-state index contributed by atoms with van der Waals surface area (Å²) < 4.78 is 4.97. The molecule has 0 aliphatic heterocycles. The van der Waals surface area contributed by atoms with Crippen molar-refractivity contribution in [3.8, 4) is 0 Å². The zero-order valence-corrected chi connectivity index (χ0v) is 16.8. The first-order valence-electron chi connectivity index (χ1n) is 9.50. The number of aromatic nitrogens is 2. The number of nitrogens with zero attached hydrogens (tertiary/aromatic N) is 2. The molecule has 0 bridgehead atoms. The van der Waals surface area contributed by atoms with Gasteiger partial charge in [0.15, 0.2) is 0 Å². The smallest absolute Gasteiger partial charge is 0.0485 e. The Kier molecular flexibility index (Phi) is 3.95. The third-order valence-corrected chi connectivity index (χ3v) is 6.14. The van der Waals surface area contributed by atoms with E-state index in [4.69, 9.17) is 0 Å². The highest BCUT2D eigenvalue weighted by Crippen LogP contribution is 2.29. The van der Waals surface area contributed by atoms with Gasteiger partial charge in [0.2, 0.25) is 0 Å². The summed E-state index contributed by atoms with van der Waals surface area (Å²) in [6.45, 7) is 15.3. The number of aryl methyl sites for hydroxylation is 6. The summed E-state index contributed by atoms with van der Waals surface area (Å²) in [5.74, 6) is 0. The lowest BCUT2D eigenvalue weighted by molar-refractivity contribution is 0.586. The molecule has 26 heavy (non-hydrogen) atoms. The van der Waals surface area contributed by atoms with Gasteiger partial charge in [0.25, 0.3) is 0 Å². The molecule has 0 spiro atoms. The summed E-state index contributed by atoms with van der Waals surface area (Å²) in [5, 5.41) is 2.78. The second-order valence-corrected chi connectivity index (χ2v) is 7.77. The summed E-state index contributed by atoms with van der Waals surface area (Å²) >= 11 is 0. The second-order valence-electron chi connectivity index (χ2n) is 7.77. The Morgan fingerprint density at radius 1 is 0.577 bits per heavy atom. The monoisotopic (exact) mass is 344 g/mol. The Morgan fingerprint density at radius 2 is 0.962 bits per heavy atom. The van der Waals surface area contributed by atoms with Crippen molar-refractivity contribution in [1.29, 1.82) is 0 Å². The summed E-state index contributed by atoms with van der Waals surface area (Å²) in [6, 6.07) is 13.6. The molecule has 134 valence electrons. The summed E-state index contributed by atoms with van der Waals surface area (Å²) in [7, 11) is 0. The number of rotatable bonds is 3. The Balaban J connectivity index is 1.77. The highest BCUT2D eigenvalue weighted by molar-refractivity contribution is 5.87. The first kappa shape index (κ1) is 17.0. The molecule has 0 atom stereocenters. The molecule has 0 unspecified atom stereocenters. The van der Waals surface area contributed by atoms with Crippen molar-refractivity contribution in [2.45, 2.75) is 54.6 Å². The second kappa shape index (κ2) is 6.05. The minimum absolute atomic E-state index is 0.997. The van der Waals surface area contributed by atoms with Crippen LogP contribution in [0.3, 0.4) is 0 Å². The third kappa shape index (κ3) is 2.47. The van der Waals surface area contributed by atoms with Crippen molar-refractivity contribution in [1.82, 2.24) is 9.13 Å². The zero-order valence-electron chi connectivity index (χ0n) is 16.8. The highest BCUT2D eigenvalue weighted by atomic mass is 15.1. The van der Waals surface area contributed by atoms with Gasteiger partial charge in [-0.15, -0.1) is 0 Å². The zero-order chi connectivity index (χ0) is 18.6. The summed E-state index contributed by atoms with van der Waals surface area (Å²) in [4.78, 5) is 0. The van der Waals surface area contributed by atoms with E-state index in [0.717, 1.165) is 13.1 Å². The molecule has 0 fully saturated rings. The van der Waals surface area contributed by atoms with Gasteiger partial charge in [0.05, 0.1) is 0 Å². The maximum atomic E-state index is 2.49. The fourth-order valence-corrected chi connectivity index (χ4v) is 4.30. The molecule has 0 amide bonds. The van der Waals surface area contributed by atoms with Crippen LogP contribution in [0.25, 0.3) is 21.8 Å². The van der Waals surface area contributed by atoms with Crippen molar-refractivity contribution >= 4 is 21.8 Å². The van der Waals surface area contributed by atoms with E-state index in [1.54, 1.807) is 0 Å². The predicted octanol–water partition coefficient (Wildman–Crippen LogP) is 6.15. The van der Waals surface area contributed by atoms with Crippen molar-refractivity contribution in [3.05, 3.63) is 70.0 Å². The van der Waals surface area contributed by atoms with Crippen LogP contribution in [0.1, 0.15) is 33.6 Å². The first-order valence-corrected chi connectivity index (χ1v) is 9.50. The van der Waals surface area contributed by atoms with E-state index in [-0.39, 0.29) is 0 Å². The van der Waals surface area contributed by atoms with Crippen LogP contribution < -0.4 is 0 Å². The molecule has 2 heteroatoms. The number of benzene rings is 2. The van der Waals surface area contributed by atoms with Gasteiger partial charge in [-0.25, -0.2) is 0 Å². The maximum absolute atomic E-state index is 2.49. The SMILES string of the molecule is Cc1ccc2c(c1)c(C)c(C)n2CCn1c(C)c(C)c2cc(C)ccc21. The van der Waals surface area contributed by atoms with E-state index >= 15 is 0 Å². The Labute approximate surface area is 156 Å². The van der Waals surface area contributed by atoms with Crippen molar-refractivity contribution in [2.75, 3.05) is 0 Å². The average molecular weight is 345 g/mol. The average Bonchev–Trinajstić information content (AvgIpc) is 2.99. The van der Waals surface area contributed by atoms with Crippen molar-refractivity contribution < 1.29 is 0 Å². The fourth-order valence-electron chi connectivity index (χ4n) is 4.30. The molecule has 0 aliphatic carbocycles. The molecule has 0 saturated carbocycles. The molecular weight excluding hydrogens is 316 g/mol. The Hall–Kier alpha value is -2.48. The molecule has 0 N–H and O–H groups in total. The normalized spacial score (nSPS) is 11.8. The van der Waals surface area contributed by atoms with Crippen LogP contribution in [-0.2, 0) is 13.1 Å². The number of fused-ring (bicyclic) bond motifs is 2. The topological polar surface area (TPSA) is 9.86 Å². The van der Waals surface area contributed by atoms with Crippen LogP contribution in [-0.4, -0.2) is 9.13 Å². The maximum Gasteiger partial charge on any atom is 0.0485 e. The molecule has 0 radical (unpaired) electrons. The van der Waals surface area contributed by atoms with Crippen LogP contribution in [0, 0.1) is 41.5 Å². The lowest BCUT2D eigenvalue weighted by Gasteiger charge is -2.13. The molecule has 2 aromatic heterocycles. The van der Waals surface area contributed by atoms with E-state index < -0.39 is 0 Å². The third-order valence-electron chi connectivity index (χ3n) is 6.14. The predicted molar refractivity (Wildman–Crippen MR) is 112 cm³/mol. The summed E-state index contributed by atoms with van der Waals surface area (Å²) in [6.07, 6.45) is 0. The van der Waals surface area contributed by atoms with E-state index in [0.29, 0.717) is 0 Å². The Morgan fingerprint density at radius 3 is 1.35 bits per heavy atom. The van der Waals surface area contributed by atoms with Crippen molar-refractivity contribution in [3.63, 3.8) is 0 Å². The number of hydrogen-bond donors (Lipinski definition) is 0. The highest BCUT2D eigenvalue weighted by Gasteiger charge is 2.14. The van der Waals surface area contributed by atoms with Crippen LogP contribution in [0.15, 0.2) is 36.4 Å². The van der Waals surface area contributed by atoms with Gasteiger partial charge in [-0.2, -0.15) is 0 Å². The largest absolute Gasteiger partial charge is 0.343 e. The van der Waals surface area contributed by atoms with E-state index in [1.165, 1.54) is 55.4 Å². The van der Waals surface area contributed by atoms with Gasteiger partial charge < -0.3 is 9.13 Å². The van der Waals surface area contributed by atoms with E-state index in [9.17, 15) is 0 Å². The number of hydrogen-bond acceptors (Lipinski definition) is 0. The van der Waals surface area contributed by atoms with E-state index in [1.807, 2.05) is 0 Å². The molecule has 2 nitrogen and oxygen atoms in total. The minimum atomic E-state index is 0.997. The summed E-state index contributed by atoms with van der Waals surface area (Å²) in [5.41, 5.74) is 10.9. The lowest BCUT2D eigenvalue weighted by atomic mass is 10.1. The minimum Gasteiger partial charge on any atom is -0.343 e. The van der Waals surface area contributed by atoms with Crippen LogP contribution in [0.4, 0.5) is 0 Å². The van der Waals surface area contributed by atoms with Crippen molar-refractivity contribution in [2.24, 2.45) is 0 Å². The molecule has 4 aromatic rings. The molecule has 2 aromatic carbocycles. The van der Waals surface area contributed by atoms with Crippen LogP contribution >= 0.6 is 0 Å².